The first-order chi connectivity index (χ1) is 8.82. The van der Waals surface area contributed by atoms with Gasteiger partial charge in [-0.1, -0.05) is 78.8 Å². The van der Waals surface area contributed by atoms with Crippen LogP contribution in [0.25, 0.3) is 0 Å². The highest BCUT2D eigenvalue weighted by atomic mass is 28.3. The van der Waals surface area contributed by atoms with Gasteiger partial charge >= 0.3 is 0 Å². The van der Waals surface area contributed by atoms with Crippen LogP contribution in [0.5, 0.6) is 0 Å². The predicted octanol–water partition coefficient (Wildman–Crippen LogP) is 4.67. The topological polar surface area (TPSA) is 0 Å². The Bertz CT molecular complexity index is 525. The van der Waals surface area contributed by atoms with Gasteiger partial charge in [-0.3, -0.25) is 0 Å². The lowest BCUT2D eigenvalue weighted by Gasteiger charge is -2.28. The lowest BCUT2D eigenvalue weighted by molar-refractivity contribution is 0.789. The van der Waals surface area contributed by atoms with Crippen LogP contribution in [0.2, 0.25) is 13.1 Å². The van der Waals surface area contributed by atoms with Gasteiger partial charge in [0.1, 0.15) is 8.07 Å². The van der Waals surface area contributed by atoms with Crippen molar-refractivity contribution in [3.8, 4) is 0 Å². The highest BCUT2D eigenvalue weighted by molar-refractivity contribution is 6.95. The molecule has 0 bridgehead atoms. The molecule has 0 aromatic heterocycles. The maximum atomic E-state index is 2.51. The molecule has 0 amide bonds. The third-order valence-corrected chi connectivity index (χ3v) is 8.02. The van der Waals surface area contributed by atoms with Crippen molar-refractivity contribution in [1.29, 1.82) is 0 Å². The second-order valence-electron chi connectivity index (χ2n) is 6.70. The SMILES string of the molecule is Cc1cc(C)cc([Si](C)(C)C2=C(C(C)C)C=CC2)c1. The number of hydrogen-bond donors (Lipinski definition) is 0. The third-order valence-electron chi connectivity index (χ3n) is 4.29. The molecule has 0 nitrogen and oxygen atoms in total. The quantitative estimate of drug-likeness (QED) is 0.700. The van der Waals surface area contributed by atoms with Gasteiger partial charge in [0, 0.05) is 0 Å². The summed E-state index contributed by atoms with van der Waals surface area (Å²) in [5.74, 6) is 0.645. The van der Waals surface area contributed by atoms with E-state index < -0.39 is 8.07 Å². The molecule has 1 aliphatic rings. The van der Waals surface area contributed by atoms with E-state index in [1.54, 1.807) is 16.0 Å². The Hall–Kier alpha value is -1.08. The molecule has 1 aromatic carbocycles. The van der Waals surface area contributed by atoms with E-state index in [1.165, 1.54) is 17.5 Å². The summed E-state index contributed by atoms with van der Waals surface area (Å²) in [7, 11) is -1.52. The van der Waals surface area contributed by atoms with Crippen molar-refractivity contribution >= 4 is 13.3 Å². The van der Waals surface area contributed by atoms with Crippen molar-refractivity contribution in [3.05, 3.63) is 52.2 Å². The molecule has 0 fully saturated rings. The maximum Gasteiger partial charge on any atom is 0.108 e. The number of allylic oxidation sites excluding steroid dienone is 4. The van der Waals surface area contributed by atoms with E-state index in [4.69, 9.17) is 0 Å². The molecule has 0 radical (unpaired) electrons. The highest BCUT2D eigenvalue weighted by Gasteiger charge is 2.32. The van der Waals surface area contributed by atoms with Crippen LogP contribution in [0.4, 0.5) is 0 Å². The fourth-order valence-corrected chi connectivity index (χ4v) is 6.44. The van der Waals surface area contributed by atoms with E-state index in [-0.39, 0.29) is 0 Å². The fourth-order valence-electron chi connectivity index (χ4n) is 3.19. The molecule has 0 saturated carbocycles. The van der Waals surface area contributed by atoms with Gasteiger partial charge in [-0.05, 0) is 31.8 Å². The molecule has 0 saturated heterocycles. The Morgan fingerprint density at radius 3 is 2.11 bits per heavy atom. The Balaban J connectivity index is 2.50. The number of benzene rings is 1. The Morgan fingerprint density at radius 1 is 1.00 bits per heavy atom. The summed E-state index contributed by atoms with van der Waals surface area (Å²) in [5.41, 5.74) is 4.39. The summed E-state index contributed by atoms with van der Waals surface area (Å²) < 4.78 is 0. The zero-order valence-corrected chi connectivity index (χ0v) is 14.2. The largest absolute Gasteiger partial charge is 0.108 e. The lowest BCUT2D eigenvalue weighted by atomic mass is 10.1. The van der Waals surface area contributed by atoms with Crippen LogP contribution in [-0.2, 0) is 0 Å². The zero-order valence-electron chi connectivity index (χ0n) is 13.2. The normalized spacial score (nSPS) is 15.7. The van der Waals surface area contributed by atoms with Crippen LogP contribution in [-0.4, -0.2) is 8.07 Å². The van der Waals surface area contributed by atoms with Crippen molar-refractivity contribution in [1.82, 2.24) is 0 Å². The molecule has 1 aromatic rings. The first kappa shape index (κ1) is 14.3. The van der Waals surface area contributed by atoms with Crippen molar-refractivity contribution < 1.29 is 0 Å². The molecule has 2 rings (SSSR count). The average Bonchev–Trinajstić information content (AvgIpc) is 2.76. The minimum absolute atomic E-state index is 0.645. The number of hydrogen-bond acceptors (Lipinski definition) is 0. The molecule has 0 atom stereocenters. The summed E-state index contributed by atoms with van der Waals surface area (Å²) in [6, 6.07) is 7.09. The van der Waals surface area contributed by atoms with Crippen molar-refractivity contribution in [3.63, 3.8) is 0 Å². The van der Waals surface area contributed by atoms with Crippen molar-refractivity contribution in [2.75, 3.05) is 0 Å². The molecular weight excluding hydrogens is 244 g/mol. The fraction of sp³-hybridized carbons (Fsp3) is 0.444. The van der Waals surface area contributed by atoms with Crippen LogP contribution < -0.4 is 5.19 Å². The molecule has 0 unspecified atom stereocenters. The van der Waals surface area contributed by atoms with E-state index in [9.17, 15) is 0 Å². The first-order valence-corrected chi connectivity index (χ1v) is 10.3. The van der Waals surface area contributed by atoms with Gasteiger partial charge in [0.15, 0.2) is 0 Å². The van der Waals surface area contributed by atoms with E-state index >= 15 is 0 Å². The summed E-state index contributed by atoms with van der Waals surface area (Å²) >= 11 is 0. The number of aryl methyl sites for hydroxylation is 2. The third kappa shape index (κ3) is 2.76. The standard InChI is InChI=1S/C18H26Si/c1-13(2)17-8-7-9-18(17)19(5,6)16-11-14(3)10-15(4)12-16/h7-8,10-13H,9H2,1-6H3. The maximum absolute atomic E-state index is 2.51. The molecule has 1 heteroatoms. The molecule has 0 spiro atoms. The Morgan fingerprint density at radius 2 is 1.58 bits per heavy atom. The smallest absolute Gasteiger partial charge is 0.0806 e. The molecule has 0 N–H and O–H groups in total. The van der Waals surface area contributed by atoms with Crippen molar-refractivity contribution in [2.24, 2.45) is 5.92 Å². The van der Waals surface area contributed by atoms with E-state index in [2.05, 4.69) is 71.1 Å². The van der Waals surface area contributed by atoms with Crippen LogP contribution in [0.1, 0.15) is 31.4 Å². The van der Waals surface area contributed by atoms with Gasteiger partial charge in [0.25, 0.3) is 0 Å². The van der Waals surface area contributed by atoms with Crippen LogP contribution in [0.15, 0.2) is 41.1 Å². The average molecular weight is 270 g/mol. The van der Waals surface area contributed by atoms with Gasteiger partial charge < -0.3 is 0 Å². The lowest BCUT2D eigenvalue weighted by Crippen LogP contribution is -2.44. The van der Waals surface area contributed by atoms with Gasteiger partial charge in [0.2, 0.25) is 0 Å². The molecular formula is C18H26Si. The van der Waals surface area contributed by atoms with Gasteiger partial charge in [-0.15, -0.1) is 0 Å². The van der Waals surface area contributed by atoms with E-state index in [0.717, 1.165) is 0 Å². The van der Waals surface area contributed by atoms with E-state index in [0.29, 0.717) is 5.92 Å². The minimum Gasteiger partial charge on any atom is -0.0806 e. The summed E-state index contributed by atoms with van der Waals surface area (Å²) in [6.45, 7) is 14.1. The monoisotopic (exact) mass is 270 g/mol. The molecule has 0 aliphatic heterocycles. The summed E-state index contributed by atoms with van der Waals surface area (Å²) in [6.07, 6.45) is 5.87. The van der Waals surface area contributed by atoms with Gasteiger partial charge in [-0.25, -0.2) is 0 Å². The Kier molecular flexibility index (Phi) is 3.87. The first-order valence-electron chi connectivity index (χ1n) is 7.31. The van der Waals surface area contributed by atoms with Crippen LogP contribution in [0.3, 0.4) is 0 Å². The van der Waals surface area contributed by atoms with E-state index in [1.807, 2.05) is 0 Å². The molecule has 1 aliphatic carbocycles. The van der Waals surface area contributed by atoms with Gasteiger partial charge in [0.05, 0.1) is 0 Å². The summed E-state index contributed by atoms with van der Waals surface area (Å²) in [4.78, 5) is 0. The van der Waals surface area contributed by atoms with Crippen molar-refractivity contribution in [2.45, 2.75) is 47.2 Å². The second-order valence-corrected chi connectivity index (χ2v) is 11.1. The number of rotatable bonds is 3. The van der Waals surface area contributed by atoms with Crippen LogP contribution >= 0.6 is 0 Å². The predicted molar refractivity (Wildman–Crippen MR) is 88.7 cm³/mol. The molecule has 19 heavy (non-hydrogen) atoms. The van der Waals surface area contributed by atoms with Gasteiger partial charge in [-0.2, -0.15) is 0 Å². The minimum atomic E-state index is -1.52. The second kappa shape index (κ2) is 5.13. The van der Waals surface area contributed by atoms with Crippen LogP contribution in [0, 0.1) is 19.8 Å². The Labute approximate surface area is 119 Å². The molecule has 0 heterocycles. The highest BCUT2D eigenvalue weighted by Crippen LogP contribution is 2.32. The molecule has 102 valence electrons. The summed E-state index contributed by atoms with van der Waals surface area (Å²) in [5, 5.41) is 3.31. The zero-order chi connectivity index (χ0) is 14.2.